The third kappa shape index (κ3) is 4.76. The average Bonchev–Trinajstić information content (AvgIpc) is 2.64. The van der Waals surface area contributed by atoms with Crippen molar-refractivity contribution in [3.05, 3.63) is 78.1 Å². The molecule has 132 valence electrons. The molecule has 0 atom stereocenters. The van der Waals surface area contributed by atoms with Gasteiger partial charge in [-0.05, 0) is 17.9 Å². The van der Waals surface area contributed by atoms with Crippen LogP contribution >= 0.6 is 0 Å². The topological polar surface area (TPSA) is 54.9 Å². The molecule has 0 bridgehead atoms. The lowest BCUT2D eigenvalue weighted by atomic mass is 10.1. The number of nitrogens with zero attached hydrogens (tertiary/aromatic N) is 2. The Morgan fingerprint density at radius 3 is 2.31 bits per heavy atom. The fraction of sp³-hybridized carbons (Fsp3) is 0.227. The van der Waals surface area contributed by atoms with Gasteiger partial charge in [0.15, 0.2) is 5.82 Å². The fourth-order valence-corrected chi connectivity index (χ4v) is 2.77. The number of nitrogens with one attached hydrogen (secondary N) is 1. The summed E-state index contributed by atoms with van der Waals surface area (Å²) < 4.78 is 0. The summed E-state index contributed by atoms with van der Waals surface area (Å²) >= 11 is 0. The van der Waals surface area contributed by atoms with E-state index >= 15 is 0 Å². The predicted octanol–water partition coefficient (Wildman–Crippen LogP) is 4.52. The van der Waals surface area contributed by atoms with E-state index in [1.165, 1.54) is 0 Å². The number of amides is 1. The van der Waals surface area contributed by atoms with Crippen LogP contribution in [0.5, 0.6) is 0 Å². The molecule has 3 rings (SSSR count). The van der Waals surface area contributed by atoms with Gasteiger partial charge in [-0.15, -0.1) is 0 Å². The molecule has 0 aliphatic heterocycles. The van der Waals surface area contributed by atoms with E-state index in [1.807, 2.05) is 60.7 Å². The van der Waals surface area contributed by atoms with Crippen LogP contribution in [0.25, 0.3) is 11.3 Å². The van der Waals surface area contributed by atoms with Crippen molar-refractivity contribution in [2.45, 2.75) is 26.7 Å². The number of anilines is 1. The molecule has 0 unspecified atom stereocenters. The molecule has 0 radical (unpaired) electrons. The van der Waals surface area contributed by atoms with Crippen molar-refractivity contribution in [2.24, 2.45) is 5.92 Å². The van der Waals surface area contributed by atoms with Gasteiger partial charge in [-0.25, -0.2) is 9.97 Å². The van der Waals surface area contributed by atoms with Gasteiger partial charge in [0.25, 0.3) is 0 Å². The highest BCUT2D eigenvalue weighted by Crippen LogP contribution is 2.21. The summed E-state index contributed by atoms with van der Waals surface area (Å²) in [6.07, 6.45) is 2.80. The van der Waals surface area contributed by atoms with Crippen molar-refractivity contribution < 1.29 is 4.79 Å². The van der Waals surface area contributed by atoms with E-state index in [0.717, 1.165) is 28.9 Å². The van der Waals surface area contributed by atoms with Crippen LogP contribution in [0.4, 0.5) is 5.82 Å². The molecule has 2 aromatic carbocycles. The monoisotopic (exact) mass is 345 g/mol. The Morgan fingerprint density at radius 1 is 1.00 bits per heavy atom. The normalized spacial score (nSPS) is 10.7. The standard InChI is InChI=1S/C22H23N3O/c1-16(2)13-19-22(25-21(26)14-17-9-5-3-6-10-17)23-15-20(24-19)18-11-7-4-8-12-18/h3-12,15-16H,13-14H2,1-2H3,(H,23,25,26). The molecule has 0 aliphatic rings. The van der Waals surface area contributed by atoms with E-state index in [2.05, 4.69) is 24.1 Å². The van der Waals surface area contributed by atoms with E-state index in [4.69, 9.17) is 4.98 Å². The molecule has 0 aliphatic carbocycles. The Kier molecular flexibility index (Phi) is 5.74. The lowest BCUT2D eigenvalue weighted by Gasteiger charge is -2.13. The molecule has 4 heteroatoms. The zero-order valence-corrected chi connectivity index (χ0v) is 15.1. The van der Waals surface area contributed by atoms with Gasteiger partial charge < -0.3 is 5.32 Å². The van der Waals surface area contributed by atoms with Crippen molar-refractivity contribution >= 4 is 11.7 Å². The highest BCUT2D eigenvalue weighted by atomic mass is 16.1. The average molecular weight is 345 g/mol. The molecule has 1 aromatic heterocycles. The molecular weight excluding hydrogens is 322 g/mol. The first-order chi connectivity index (χ1) is 12.6. The molecule has 4 nitrogen and oxygen atoms in total. The Hall–Kier alpha value is -3.01. The second kappa shape index (κ2) is 8.39. The van der Waals surface area contributed by atoms with Gasteiger partial charge in [0.1, 0.15) is 0 Å². The van der Waals surface area contributed by atoms with Gasteiger partial charge in [0.05, 0.1) is 24.0 Å². The number of hydrogen-bond donors (Lipinski definition) is 1. The van der Waals surface area contributed by atoms with Gasteiger partial charge in [-0.1, -0.05) is 74.5 Å². The van der Waals surface area contributed by atoms with Crippen molar-refractivity contribution in [3.63, 3.8) is 0 Å². The fourth-order valence-electron chi connectivity index (χ4n) is 2.77. The van der Waals surface area contributed by atoms with Crippen LogP contribution in [0, 0.1) is 5.92 Å². The first-order valence-corrected chi connectivity index (χ1v) is 8.87. The van der Waals surface area contributed by atoms with Crippen LogP contribution in [0.3, 0.4) is 0 Å². The maximum atomic E-state index is 12.4. The maximum Gasteiger partial charge on any atom is 0.229 e. The first kappa shape index (κ1) is 17.8. The van der Waals surface area contributed by atoms with Gasteiger partial charge in [0, 0.05) is 5.56 Å². The molecule has 1 N–H and O–H groups in total. The molecular formula is C22H23N3O. The molecule has 0 saturated heterocycles. The molecule has 0 spiro atoms. The van der Waals surface area contributed by atoms with Crippen molar-refractivity contribution in [2.75, 3.05) is 5.32 Å². The molecule has 1 heterocycles. The Morgan fingerprint density at radius 2 is 1.65 bits per heavy atom. The minimum absolute atomic E-state index is 0.0806. The Bertz CT molecular complexity index is 861. The summed E-state index contributed by atoms with van der Waals surface area (Å²) in [6.45, 7) is 4.26. The highest BCUT2D eigenvalue weighted by molar-refractivity contribution is 5.91. The third-order valence-corrected chi connectivity index (χ3v) is 3.98. The lowest BCUT2D eigenvalue weighted by Crippen LogP contribution is -2.18. The molecule has 3 aromatic rings. The summed E-state index contributed by atoms with van der Waals surface area (Å²) in [5.74, 6) is 0.891. The molecule has 26 heavy (non-hydrogen) atoms. The summed E-state index contributed by atoms with van der Waals surface area (Å²) in [5.41, 5.74) is 3.64. The molecule has 1 amide bonds. The highest BCUT2D eigenvalue weighted by Gasteiger charge is 2.13. The largest absolute Gasteiger partial charge is 0.309 e. The second-order valence-corrected chi connectivity index (χ2v) is 6.73. The maximum absolute atomic E-state index is 12.4. The summed E-state index contributed by atoms with van der Waals surface area (Å²) in [5, 5.41) is 2.93. The van der Waals surface area contributed by atoms with Crippen LogP contribution < -0.4 is 5.32 Å². The van der Waals surface area contributed by atoms with Crippen LogP contribution in [-0.4, -0.2) is 15.9 Å². The van der Waals surface area contributed by atoms with E-state index < -0.39 is 0 Å². The lowest BCUT2D eigenvalue weighted by molar-refractivity contribution is -0.115. The summed E-state index contributed by atoms with van der Waals surface area (Å²) in [4.78, 5) is 21.7. The van der Waals surface area contributed by atoms with Crippen molar-refractivity contribution in [3.8, 4) is 11.3 Å². The van der Waals surface area contributed by atoms with E-state index in [-0.39, 0.29) is 5.91 Å². The van der Waals surface area contributed by atoms with Crippen LogP contribution in [0.2, 0.25) is 0 Å². The van der Waals surface area contributed by atoms with Gasteiger partial charge in [-0.2, -0.15) is 0 Å². The van der Waals surface area contributed by atoms with E-state index in [9.17, 15) is 4.79 Å². The SMILES string of the molecule is CC(C)Cc1nc(-c2ccccc2)cnc1NC(=O)Cc1ccccc1. The van der Waals surface area contributed by atoms with Crippen LogP contribution in [-0.2, 0) is 17.6 Å². The van der Waals surface area contributed by atoms with Crippen LogP contribution in [0.15, 0.2) is 66.9 Å². The zero-order valence-electron chi connectivity index (χ0n) is 15.1. The molecule has 0 fully saturated rings. The smallest absolute Gasteiger partial charge is 0.229 e. The summed E-state index contributed by atoms with van der Waals surface area (Å²) in [6, 6.07) is 19.6. The Labute approximate surface area is 154 Å². The minimum Gasteiger partial charge on any atom is -0.309 e. The number of carbonyl (C=O) groups excluding carboxylic acids is 1. The van der Waals surface area contributed by atoms with Gasteiger partial charge in [0.2, 0.25) is 5.91 Å². The van der Waals surface area contributed by atoms with Gasteiger partial charge >= 0.3 is 0 Å². The quantitative estimate of drug-likeness (QED) is 0.714. The number of benzene rings is 2. The van der Waals surface area contributed by atoms with Crippen LogP contribution in [0.1, 0.15) is 25.1 Å². The Balaban J connectivity index is 1.82. The number of hydrogen-bond acceptors (Lipinski definition) is 3. The second-order valence-electron chi connectivity index (χ2n) is 6.73. The van der Waals surface area contributed by atoms with Crippen molar-refractivity contribution in [1.82, 2.24) is 9.97 Å². The first-order valence-electron chi connectivity index (χ1n) is 8.87. The van der Waals surface area contributed by atoms with E-state index in [0.29, 0.717) is 18.2 Å². The third-order valence-electron chi connectivity index (χ3n) is 3.98. The van der Waals surface area contributed by atoms with Gasteiger partial charge in [-0.3, -0.25) is 4.79 Å². The number of aromatic nitrogens is 2. The number of carbonyl (C=O) groups is 1. The summed E-state index contributed by atoms with van der Waals surface area (Å²) in [7, 11) is 0. The van der Waals surface area contributed by atoms with E-state index in [1.54, 1.807) is 6.20 Å². The zero-order chi connectivity index (χ0) is 18.4. The predicted molar refractivity (Wildman–Crippen MR) is 105 cm³/mol. The molecule has 0 saturated carbocycles. The van der Waals surface area contributed by atoms with Crippen molar-refractivity contribution in [1.29, 1.82) is 0 Å². The minimum atomic E-state index is -0.0806. The number of rotatable bonds is 6.